The number of likely N-dealkylation sites (N-methyl/N-ethyl adjacent to an activating group) is 1. The Kier molecular flexibility index (Phi) is 10.6. The Morgan fingerprint density at radius 1 is 0.927 bits per heavy atom. The van der Waals surface area contributed by atoms with Crippen molar-refractivity contribution in [2.24, 2.45) is 0 Å². The van der Waals surface area contributed by atoms with Gasteiger partial charge in [-0.05, 0) is 84.2 Å². The Bertz CT molecular complexity index is 1340. The van der Waals surface area contributed by atoms with E-state index in [1.165, 1.54) is 6.92 Å². The summed E-state index contributed by atoms with van der Waals surface area (Å²) in [5.41, 5.74) is 5.00. The van der Waals surface area contributed by atoms with Gasteiger partial charge >= 0.3 is 14.6 Å². The van der Waals surface area contributed by atoms with Crippen LogP contribution in [0.2, 0.25) is 0 Å². The van der Waals surface area contributed by atoms with Crippen molar-refractivity contribution in [3.63, 3.8) is 0 Å². The Labute approximate surface area is 241 Å². The maximum Gasteiger partial charge on any atom is 0.391 e. The van der Waals surface area contributed by atoms with Crippen molar-refractivity contribution in [3.8, 4) is 23.0 Å². The van der Waals surface area contributed by atoms with E-state index in [0.29, 0.717) is 23.8 Å². The van der Waals surface area contributed by atoms with Gasteiger partial charge in [-0.15, -0.1) is 0 Å². The van der Waals surface area contributed by atoms with E-state index in [1.807, 2.05) is 68.6 Å². The minimum atomic E-state index is -2.51. The average molecular weight is 582 g/mol. The number of fused-ring (bicyclic) bond motifs is 1. The molecule has 1 aliphatic rings. The first-order valence-electron chi connectivity index (χ1n) is 13.5. The van der Waals surface area contributed by atoms with Crippen LogP contribution in [-0.4, -0.2) is 60.3 Å². The molecular weight excluding hydrogens is 545 g/mol. The number of benzene rings is 3. The minimum absolute atomic E-state index is 0.199. The summed E-state index contributed by atoms with van der Waals surface area (Å²) in [5.74, 6) is 2.11. The summed E-state index contributed by atoms with van der Waals surface area (Å²) in [6.07, 6.45) is 0.351. The van der Waals surface area contributed by atoms with Gasteiger partial charge in [0.1, 0.15) is 24.2 Å². The van der Waals surface area contributed by atoms with E-state index in [0.717, 1.165) is 46.6 Å². The summed E-state index contributed by atoms with van der Waals surface area (Å²) < 4.78 is 27.7. The van der Waals surface area contributed by atoms with Gasteiger partial charge in [-0.3, -0.25) is 4.79 Å². The third-order valence-electron chi connectivity index (χ3n) is 6.67. The first-order valence-corrected chi connectivity index (χ1v) is 14.6. The normalized spacial score (nSPS) is 13.7. The second-order valence-corrected chi connectivity index (χ2v) is 10.3. The summed E-state index contributed by atoms with van der Waals surface area (Å²) in [5, 5.41) is 0. The van der Waals surface area contributed by atoms with Crippen LogP contribution in [0.25, 0.3) is 11.1 Å². The molecule has 4 rings (SSSR count). The zero-order chi connectivity index (χ0) is 29.4. The van der Waals surface area contributed by atoms with Crippen molar-refractivity contribution in [1.29, 1.82) is 0 Å². The Balaban J connectivity index is 1.66. The zero-order valence-electron chi connectivity index (χ0n) is 23.7. The number of ether oxygens (including phenoxy) is 4. The molecular formula is C31H36NO8P. The summed E-state index contributed by atoms with van der Waals surface area (Å²) in [6.45, 7) is 7.39. The molecule has 1 aliphatic heterocycles. The third-order valence-corrected chi connectivity index (χ3v) is 7.05. The van der Waals surface area contributed by atoms with E-state index in [9.17, 15) is 14.6 Å². The van der Waals surface area contributed by atoms with Crippen LogP contribution in [0.15, 0.2) is 66.7 Å². The van der Waals surface area contributed by atoms with Crippen molar-refractivity contribution in [3.05, 3.63) is 83.4 Å². The lowest BCUT2D eigenvalue weighted by atomic mass is 9.88. The van der Waals surface area contributed by atoms with Crippen LogP contribution in [0.1, 0.15) is 43.9 Å². The molecule has 1 unspecified atom stereocenters. The number of rotatable bonds is 13. The van der Waals surface area contributed by atoms with Gasteiger partial charge in [-0.25, -0.2) is 0 Å². The maximum absolute atomic E-state index is 11.6. The van der Waals surface area contributed by atoms with Crippen LogP contribution in [0.3, 0.4) is 0 Å². The zero-order valence-corrected chi connectivity index (χ0v) is 24.6. The highest BCUT2D eigenvalue weighted by Gasteiger charge is 2.19. The molecule has 0 fully saturated rings. The van der Waals surface area contributed by atoms with Gasteiger partial charge in [0.05, 0.1) is 0 Å². The summed E-state index contributed by atoms with van der Waals surface area (Å²) in [4.78, 5) is 32.1. The van der Waals surface area contributed by atoms with Crippen LogP contribution in [0.4, 0.5) is 0 Å². The second kappa shape index (κ2) is 14.3. The lowest BCUT2D eigenvalue weighted by Crippen LogP contribution is -2.36. The van der Waals surface area contributed by atoms with Crippen LogP contribution in [0.5, 0.6) is 23.0 Å². The number of nitrogens with zero attached hydrogens (tertiary/aromatic N) is 1. The van der Waals surface area contributed by atoms with Crippen molar-refractivity contribution in [2.45, 2.75) is 33.3 Å². The molecule has 0 saturated heterocycles. The standard InChI is InChI=1S/C31H36NO8P/c1-5-28(24-11-16-29-30(17-24)38-20-37-29)31(23-9-14-26(15-10-23)40-41(34)35)22-7-12-25(13-8-22)36-19-27(39-21(3)33)18-32(4)6-2/h7-17,27,34-35H,5-6,18-20H2,1-4H3. The highest BCUT2D eigenvalue weighted by molar-refractivity contribution is 7.39. The van der Waals surface area contributed by atoms with Gasteiger partial charge in [0, 0.05) is 13.5 Å². The lowest BCUT2D eigenvalue weighted by molar-refractivity contribution is -0.148. The van der Waals surface area contributed by atoms with Gasteiger partial charge < -0.3 is 38.2 Å². The molecule has 218 valence electrons. The quantitative estimate of drug-likeness (QED) is 0.151. The molecule has 0 spiro atoms. The molecule has 0 bridgehead atoms. The van der Waals surface area contributed by atoms with Crippen LogP contribution < -0.4 is 18.7 Å². The van der Waals surface area contributed by atoms with Crippen molar-refractivity contribution in [1.82, 2.24) is 4.90 Å². The van der Waals surface area contributed by atoms with E-state index in [-0.39, 0.29) is 25.5 Å². The van der Waals surface area contributed by atoms with Crippen LogP contribution in [-0.2, 0) is 9.53 Å². The third kappa shape index (κ3) is 8.21. The molecule has 41 heavy (non-hydrogen) atoms. The fourth-order valence-electron chi connectivity index (χ4n) is 4.64. The van der Waals surface area contributed by atoms with Gasteiger partial charge in [-0.1, -0.05) is 44.2 Å². The predicted octanol–water partition coefficient (Wildman–Crippen LogP) is 5.64. The topological polar surface area (TPSA) is 107 Å². The van der Waals surface area contributed by atoms with Gasteiger partial charge in [0.15, 0.2) is 11.5 Å². The van der Waals surface area contributed by atoms with Gasteiger partial charge in [0.25, 0.3) is 0 Å². The lowest BCUT2D eigenvalue weighted by Gasteiger charge is -2.23. The largest absolute Gasteiger partial charge is 0.490 e. The van der Waals surface area contributed by atoms with E-state index < -0.39 is 8.60 Å². The molecule has 1 heterocycles. The molecule has 0 amide bonds. The minimum Gasteiger partial charge on any atom is -0.490 e. The van der Waals surface area contributed by atoms with Crippen molar-refractivity contribution < 1.29 is 38.1 Å². The number of carbonyl (C=O) groups excluding carboxylic acids is 1. The second-order valence-electron chi connectivity index (χ2n) is 9.57. The first kappa shape index (κ1) is 30.3. The highest BCUT2D eigenvalue weighted by atomic mass is 31.2. The van der Waals surface area contributed by atoms with E-state index in [4.69, 9.17) is 23.5 Å². The van der Waals surface area contributed by atoms with Crippen molar-refractivity contribution in [2.75, 3.05) is 33.5 Å². The smallest absolute Gasteiger partial charge is 0.391 e. The molecule has 1 atom stereocenters. The SMILES string of the molecule is CCC(=C(c1ccc(OCC(CN(C)CC)OC(C)=O)cc1)c1ccc(OP(O)O)cc1)c1ccc2c(c1)OCO2. The van der Waals surface area contributed by atoms with E-state index >= 15 is 0 Å². The van der Waals surface area contributed by atoms with E-state index in [2.05, 4.69) is 11.8 Å². The molecule has 0 aromatic heterocycles. The molecule has 3 aromatic carbocycles. The highest BCUT2D eigenvalue weighted by Crippen LogP contribution is 2.40. The van der Waals surface area contributed by atoms with E-state index in [1.54, 1.807) is 12.1 Å². The molecule has 0 aliphatic carbocycles. The Hall–Kier alpha value is -3.62. The van der Waals surface area contributed by atoms with Crippen LogP contribution in [0, 0.1) is 0 Å². The summed E-state index contributed by atoms with van der Waals surface area (Å²) >= 11 is 0. The molecule has 10 heteroatoms. The first-order chi connectivity index (χ1) is 19.8. The Morgan fingerprint density at radius 2 is 1.54 bits per heavy atom. The number of hydrogen-bond donors (Lipinski definition) is 2. The molecule has 2 N–H and O–H groups in total. The summed E-state index contributed by atoms with van der Waals surface area (Å²) in [6, 6.07) is 20.9. The molecule has 0 radical (unpaired) electrons. The van der Waals surface area contributed by atoms with Crippen LogP contribution >= 0.6 is 8.60 Å². The molecule has 3 aromatic rings. The summed E-state index contributed by atoms with van der Waals surface area (Å²) in [7, 11) is -0.537. The molecule has 9 nitrogen and oxygen atoms in total. The number of allylic oxidation sites excluding steroid dienone is 1. The fourth-order valence-corrected chi connectivity index (χ4v) is 4.95. The Morgan fingerprint density at radius 3 is 2.12 bits per heavy atom. The maximum atomic E-state index is 11.6. The number of carbonyl (C=O) groups is 1. The predicted molar refractivity (Wildman–Crippen MR) is 158 cm³/mol. The molecule has 0 saturated carbocycles. The van der Waals surface area contributed by atoms with Gasteiger partial charge in [0.2, 0.25) is 6.79 Å². The van der Waals surface area contributed by atoms with Gasteiger partial charge in [-0.2, -0.15) is 0 Å². The number of esters is 1. The number of hydrogen-bond acceptors (Lipinski definition) is 9. The fraction of sp³-hybridized carbons (Fsp3) is 0.323. The average Bonchev–Trinajstić information content (AvgIpc) is 3.43. The monoisotopic (exact) mass is 581 g/mol. The van der Waals surface area contributed by atoms with Crippen molar-refractivity contribution >= 4 is 25.7 Å².